The van der Waals surface area contributed by atoms with Crippen LogP contribution in [0, 0.1) is 0 Å². The fourth-order valence-corrected chi connectivity index (χ4v) is 2.56. The van der Waals surface area contributed by atoms with Crippen LogP contribution in [0.2, 0.25) is 0 Å². The van der Waals surface area contributed by atoms with Gasteiger partial charge in [-0.3, -0.25) is 19.7 Å². The lowest BCUT2D eigenvalue weighted by Crippen LogP contribution is -2.32. The zero-order valence-corrected chi connectivity index (χ0v) is 15.1. The number of H-pyrrole nitrogens is 2. The van der Waals surface area contributed by atoms with Crippen LogP contribution in [-0.2, 0) is 13.0 Å². The van der Waals surface area contributed by atoms with Gasteiger partial charge >= 0.3 is 0 Å². The summed E-state index contributed by atoms with van der Waals surface area (Å²) in [7, 11) is 0. The van der Waals surface area contributed by atoms with E-state index < -0.39 is 11.5 Å². The van der Waals surface area contributed by atoms with Gasteiger partial charge in [0.2, 0.25) is 0 Å². The third-order valence-electron chi connectivity index (χ3n) is 3.97. The van der Waals surface area contributed by atoms with Gasteiger partial charge < -0.3 is 10.3 Å². The van der Waals surface area contributed by atoms with Crippen molar-refractivity contribution in [3.63, 3.8) is 0 Å². The van der Waals surface area contributed by atoms with Gasteiger partial charge in [-0.15, -0.1) is 0 Å². The summed E-state index contributed by atoms with van der Waals surface area (Å²) in [6, 6.07) is 3.65. The Kier molecular flexibility index (Phi) is 5.14. The van der Waals surface area contributed by atoms with E-state index in [-0.39, 0.29) is 18.7 Å². The molecule has 0 bridgehead atoms. The molecule has 0 unspecified atom stereocenters. The normalized spacial score (nSPS) is 10.8. The Morgan fingerprint density at radius 1 is 1.21 bits per heavy atom. The first-order chi connectivity index (χ1) is 14.2. The van der Waals surface area contributed by atoms with Crippen LogP contribution < -0.4 is 10.9 Å². The van der Waals surface area contributed by atoms with Gasteiger partial charge in [-0.2, -0.15) is 10.2 Å². The number of rotatable bonds is 7. The Balaban J connectivity index is 1.33. The van der Waals surface area contributed by atoms with Crippen molar-refractivity contribution in [2.45, 2.75) is 13.0 Å². The zero-order valence-electron chi connectivity index (χ0n) is 15.1. The molecule has 4 rings (SSSR count). The Bertz CT molecular complexity index is 1150. The van der Waals surface area contributed by atoms with Crippen molar-refractivity contribution in [3.05, 3.63) is 70.9 Å². The van der Waals surface area contributed by atoms with E-state index in [2.05, 4.69) is 45.5 Å². The molecule has 0 aromatic carbocycles. The third kappa shape index (κ3) is 4.37. The van der Waals surface area contributed by atoms with Crippen LogP contribution in [0.5, 0.6) is 0 Å². The average Bonchev–Trinajstić information content (AvgIpc) is 3.41. The summed E-state index contributed by atoms with van der Waals surface area (Å²) < 4.78 is 1.51. The Labute approximate surface area is 163 Å². The maximum absolute atomic E-state index is 12.3. The third-order valence-corrected chi connectivity index (χ3v) is 3.97. The van der Waals surface area contributed by atoms with Gasteiger partial charge in [0.25, 0.3) is 11.5 Å². The number of aromatic nitrogens is 9. The van der Waals surface area contributed by atoms with Crippen molar-refractivity contribution in [2.24, 2.45) is 0 Å². The van der Waals surface area contributed by atoms with Crippen LogP contribution in [0.1, 0.15) is 22.0 Å². The molecule has 3 N–H and O–H groups in total. The number of hydrogen-bond acceptors (Lipinski definition) is 8. The number of carbonyl (C=O) groups excluding carboxylic acids is 1. The Hall–Kier alpha value is -4.22. The first kappa shape index (κ1) is 18.2. The minimum atomic E-state index is -0.522. The Morgan fingerprint density at radius 2 is 2.14 bits per heavy atom. The number of nitrogens with zero attached hydrogens (tertiary/aromatic N) is 7. The fraction of sp³-hybridized carbons (Fsp3) is 0.176. The fourth-order valence-electron chi connectivity index (χ4n) is 2.56. The minimum absolute atomic E-state index is 0.0686. The van der Waals surface area contributed by atoms with Crippen molar-refractivity contribution in [2.75, 3.05) is 6.54 Å². The lowest BCUT2D eigenvalue weighted by molar-refractivity contribution is 0.0952. The molecule has 12 heteroatoms. The number of amides is 1. The van der Waals surface area contributed by atoms with Crippen molar-refractivity contribution in [3.8, 4) is 11.4 Å². The van der Waals surface area contributed by atoms with Gasteiger partial charge in [-0.05, 0) is 12.1 Å². The first-order valence-electron chi connectivity index (χ1n) is 8.69. The van der Waals surface area contributed by atoms with Gasteiger partial charge in [-0.25, -0.2) is 19.6 Å². The van der Waals surface area contributed by atoms with E-state index in [0.29, 0.717) is 23.9 Å². The largest absolute Gasteiger partial charge is 0.351 e. The van der Waals surface area contributed by atoms with E-state index >= 15 is 0 Å². The van der Waals surface area contributed by atoms with E-state index in [1.54, 1.807) is 18.5 Å². The van der Waals surface area contributed by atoms with Crippen molar-refractivity contribution in [1.29, 1.82) is 0 Å². The smallest absolute Gasteiger partial charge is 0.263 e. The molecule has 4 aromatic heterocycles. The molecule has 146 valence electrons. The highest BCUT2D eigenvalue weighted by Crippen LogP contribution is 2.11. The summed E-state index contributed by atoms with van der Waals surface area (Å²) >= 11 is 0. The zero-order chi connectivity index (χ0) is 20.1. The monoisotopic (exact) mass is 392 g/mol. The standard InChI is InChI=1S/C17H16N10O2/c28-16(12-7-21-14(24-17(12)29)8-27-10-19-9-22-27)20-5-3-13-23-15(26-25-13)11-2-1-4-18-6-11/h1-2,4,6-7,9-10H,3,5,8H2,(H,20,28)(H,21,24,29)(H,23,25,26). The summed E-state index contributed by atoms with van der Waals surface area (Å²) in [5.41, 5.74) is 0.203. The highest BCUT2D eigenvalue weighted by molar-refractivity contribution is 5.93. The molecule has 0 aliphatic carbocycles. The number of carbonyl (C=O) groups is 1. The van der Waals surface area contributed by atoms with Crippen LogP contribution in [0.4, 0.5) is 0 Å². The predicted molar refractivity (Wildman–Crippen MR) is 99.6 cm³/mol. The highest BCUT2D eigenvalue weighted by atomic mass is 16.2. The van der Waals surface area contributed by atoms with Gasteiger partial charge in [-0.1, -0.05) is 0 Å². The predicted octanol–water partition coefficient (Wildman–Crippen LogP) is -0.438. The van der Waals surface area contributed by atoms with Gasteiger partial charge in [0.15, 0.2) is 5.82 Å². The number of hydrogen-bond donors (Lipinski definition) is 3. The SMILES string of the molecule is O=C(NCCc1nc(-c2cccnc2)n[nH]1)c1cnc(Cn2cncn2)[nH]c1=O. The van der Waals surface area contributed by atoms with E-state index in [4.69, 9.17) is 0 Å². The molecular weight excluding hydrogens is 376 g/mol. The second kappa shape index (κ2) is 8.21. The van der Waals surface area contributed by atoms with E-state index in [1.807, 2.05) is 6.07 Å². The Morgan fingerprint density at radius 3 is 2.90 bits per heavy atom. The summed E-state index contributed by atoms with van der Waals surface area (Å²) in [4.78, 5) is 43.3. The highest BCUT2D eigenvalue weighted by Gasteiger charge is 2.13. The van der Waals surface area contributed by atoms with Crippen molar-refractivity contribution < 1.29 is 4.79 Å². The second-order valence-corrected chi connectivity index (χ2v) is 6.02. The summed E-state index contributed by atoms with van der Waals surface area (Å²) in [5, 5.41) is 13.6. The molecule has 0 atom stereocenters. The minimum Gasteiger partial charge on any atom is -0.351 e. The van der Waals surface area contributed by atoms with Gasteiger partial charge in [0.05, 0.1) is 0 Å². The molecule has 0 saturated heterocycles. The van der Waals surface area contributed by atoms with Crippen molar-refractivity contribution in [1.82, 2.24) is 50.2 Å². The molecular formula is C17H16N10O2. The molecule has 0 saturated carbocycles. The van der Waals surface area contributed by atoms with E-state index in [1.165, 1.54) is 23.5 Å². The van der Waals surface area contributed by atoms with Gasteiger partial charge in [0.1, 0.15) is 36.4 Å². The quantitative estimate of drug-likeness (QED) is 0.382. The molecule has 29 heavy (non-hydrogen) atoms. The molecule has 4 aromatic rings. The molecule has 1 amide bonds. The number of aromatic amines is 2. The van der Waals surface area contributed by atoms with Crippen LogP contribution in [0.3, 0.4) is 0 Å². The topological polar surface area (TPSA) is 160 Å². The molecule has 0 aliphatic rings. The second-order valence-electron chi connectivity index (χ2n) is 6.02. The summed E-state index contributed by atoms with van der Waals surface area (Å²) in [5.74, 6) is 1.00. The van der Waals surface area contributed by atoms with Crippen LogP contribution in [0.25, 0.3) is 11.4 Å². The molecule has 4 heterocycles. The average molecular weight is 392 g/mol. The van der Waals surface area contributed by atoms with E-state index in [9.17, 15) is 9.59 Å². The summed E-state index contributed by atoms with van der Waals surface area (Å²) in [6.45, 7) is 0.530. The maximum Gasteiger partial charge on any atom is 0.263 e. The van der Waals surface area contributed by atoms with Crippen LogP contribution >= 0.6 is 0 Å². The molecule has 0 aliphatic heterocycles. The number of pyridine rings is 1. The van der Waals surface area contributed by atoms with Crippen molar-refractivity contribution >= 4 is 5.91 Å². The van der Waals surface area contributed by atoms with E-state index in [0.717, 1.165) is 5.56 Å². The maximum atomic E-state index is 12.3. The van der Waals surface area contributed by atoms with Crippen LogP contribution in [0.15, 0.2) is 48.2 Å². The molecule has 0 fully saturated rings. The summed E-state index contributed by atoms with van der Waals surface area (Å²) in [6.07, 6.45) is 7.90. The first-order valence-corrected chi connectivity index (χ1v) is 8.69. The lowest BCUT2D eigenvalue weighted by Gasteiger charge is -2.04. The lowest BCUT2D eigenvalue weighted by atomic mass is 10.3. The number of nitrogens with one attached hydrogen (secondary N) is 3. The van der Waals surface area contributed by atoms with Gasteiger partial charge in [0, 0.05) is 37.1 Å². The van der Waals surface area contributed by atoms with Crippen LogP contribution in [-0.4, -0.2) is 57.3 Å². The molecule has 0 spiro atoms. The molecule has 12 nitrogen and oxygen atoms in total. The molecule has 0 radical (unpaired) electrons.